The van der Waals surface area contributed by atoms with Crippen LogP contribution in [0.3, 0.4) is 0 Å². The number of allylic oxidation sites excluding steroid dienone is 4. The monoisotopic (exact) mass is 199 g/mol. The van der Waals surface area contributed by atoms with Crippen LogP contribution in [0.5, 0.6) is 0 Å². The lowest BCUT2D eigenvalue weighted by molar-refractivity contribution is -0.119. The summed E-state index contributed by atoms with van der Waals surface area (Å²) in [4.78, 5) is 11.0. The summed E-state index contributed by atoms with van der Waals surface area (Å²) in [5.41, 5.74) is 6.10. The molecule has 0 bridgehead atoms. The first-order valence-electron chi connectivity index (χ1n) is 3.93. The lowest BCUT2D eigenvalue weighted by Crippen LogP contribution is -2.09. The number of hydrogen-bond donors (Lipinski definition) is 1. The molecule has 0 aromatic rings. The first-order chi connectivity index (χ1) is 5.99. The minimum Gasteiger partial charge on any atom is -0.404 e. The summed E-state index contributed by atoms with van der Waals surface area (Å²) in [6.45, 7) is 6.81. The van der Waals surface area contributed by atoms with Gasteiger partial charge in [-0.1, -0.05) is 31.2 Å². The van der Waals surface area contributed by atoms with Crippen LogP contribution in [0.15, 0.2) is 35.5 Å². The molecule has 0 aromatic heterocycles. The maximum Gasteiger partial charge on any atom is 0.137 e. The van der Waals surface area contributed by atoms with Gasteiger partial charge in [0, 0.05) is 11.0 Å². The fourth-order valence-corrected chi connectivity index (χ4v) is 0.829. The van der Waals surface area contributed by atoms with E-state index >= 15 is 0 Å². The van der Waals surface area contributed by atoms with Gasteiger partial charge in [0.1, 0.15) is 5.78 Å². The maximum absolute atomic E-state index is 11.0. The molecule has 0 aromatic carbocycles. The highest BCUT2D eigenvalue weighted by molar-refractivity contribution is 6.30. The third-order valence-corrected chi connectivity index (χ3v) is 1.88. The third-order valence-electron chi connectivity index (χ3n) is 1.76. The molecule has 0 radical (unpaired) electrons. The Hall–Kier alpha value is -1.02. The van der Waals surface area contributed by atoms with E-state index in [0.29, 0.717) is 5.03 Å². The molecule has 0 heterocycles. The topological polar surface area (TPSA) is 43.1 Å². The van der Waals surface area contributed by atoms with Gasteiger partial charge in [0.15, 0.2) is 0 Å². The van der Waals surface area contributed by atoms with E-state index in [4.69, 9.17) is 17.3 Å². The number of Topliss-reactive ketones (excluding diaryl/α,β-unsaturated/α-hetero) is 1. The zero-order valence-electron chi connectivity index (χ0n) is 7.88. The van der Waals surface area contributed by atoms with Gasteiger partial charge in [-0.25, -0.2) is 0 Å². The zero-order valence-corrected chi connectivity index (χ0v) is 8.64. The standard InChI is InChI=1S/C10H14ClNO/c1-7(11)4-5-10(6-12)8(2)9(3)13/h4-6,8H,1,12H2,2-3H3/b5-4-,10-6+. The molecule has 0 aliphatic heterocycles. The predicted molar refractivity (Wildman–Crippen MR) is 56.2 cm³/mol. The maximum atomic E-state index is 11.0. The van der Waals surface area contributed by atoms with Crippen molar-refractivity contribution in [3.05, 3.63) is 35.5 Å². The molecule has 1 unspecified atom stereocenters. The molecule has 72 valence electrons. The number of hydrogen-bond acceptors (Lipinski definition) is 2. The van der Waals surface area contributed by atoms with Crippen LogP contribution in [0, 0.1) is 5.92 Å². The second-order valence-electron chi connectivity index (χ2n) is 2.78. The predicted octanol–water partition coefficient (Wildman–Crippen LogP) is 2.36. The van der Waals surface area contributed by atoms with Crippen LogP contribution in [0.1, 0.15) is 13.8 Å². The Balaban J connectivity index is 4.55. The van der Waals surface area contributed by atoms with Crippen LogP contribution in [0.2, 0.25) is 0 Å². The summed E-state index contributed by atoms with van der Waals surface area (Å²) in [6.07, 6.45) is 4.71. The first-order valence-corrected chi connectivity index (χ1v) is 4.31. The number of rotatable bonds is 4. The fraction of sp³-hybridized carbons (Fsp3) is 0.300. The molecule has 2 nitrogen and oxygen atoms in total. The molecule has 13 heavy (non-hydrogen) atoms. The molecule has 0 rings (SSSR count). The molecule has 1 atom stereocenters. The van der Waals surface area contributed by atoms with Crippen molar-refractivity contribution in [1.82, 2.24) is 0 Å². The molecule has 0 amide bonds. The fourth-order valence-electron chi connectivity index (χ4n) is 0.766. The van der Waals surface area contributed by atoms with E-state index < -0.39 is 0 Å². The van der Waals surface area contributed by atoms with Gasteiger partial charge in [-0.3, -0.25) is 4.79 Å². The van der Waals surface area contributed by atoms with Gasteiger partial charge in [-0.2, -0.15) is 0 Å². The van der Waals surface area contributed by atoms with Crippen molar-refractivity contribution in [3.8, 4) is 0 Å². The van der Waals surface area contributed by atoms with E-state index in [0.717, 1.165) is 5.57 Å². The van der Waals surface area contributed by atoms with Crippen LogP contribution < -0.4 is 5.73 Å². The van der Waals surface area contributed by atoms with Gasteiger partial charge in [0.05, 0.1) is 0 Å². The van der Waals surface area contributed by atoms with Crippen LogP contribution in [-0.4, -0.2) is 5.78 Å². The van der Waals surface area contributed by atoms with Crippen molar-refractivity contribution in [3.63, 3.8) is 0 Å². The average Bonchev–Trinajstić information content (AvgIpc) is 2.04. The number of ketones is 1. The molecule has 0 aliphatic carbocycles. The van der Waals surface area contributed by atoms with Gasteiger partial charge >= 0.3 is 0 Å². The minimum atomic E-state index is -0.197. The van der Waals surface area contributed by atoms with Crippen molar-refractivity contribution >= 4 is 17.4 Å². The third kappa shape index (κ3) is 4.53. The first kappa shape index (κ1) is 12.0. The van der Waals surface area contributed by atoms with E-state index in [2.05, 4.69) is 6.58 Å². The molecule has 0 fully saturated rings. The summed E-state index contributed by atoms with van der Waals surface area (Å²) in [5.74, 6) is -0.126. The van der Waals surface area contributed by atoms with Gasteiger partial charge in [0.25, 0.3) is 0 Å². The van der Waals surface area contributed by atoms with Gasteiger partial charge in [0.2, 0.25) is 0 Å². The Morgan fingerprint density at radius 3 is 2.38 bits per heavy atom. The zero-order chi connectivity index (χ0) is 10.4. The summed E-state index contributed by atoms with van der Waals surface area (Å²) in [7, 11) is 0. The Kier molecular flexibility index (Phi) is 5.16. The van der Waals surface area contributed by atoms with Gasteiger partial charge in [-0.15, -0.1) is 0 Å². The van der Waals surface area contributed by atoms with Crippen molar-refractivity contribution < 1.29 is 4.79 Å². The SMILES string of the molecule is C=C(Cl)/C=C\C(=C/N)C(C)C(C)=O. The molecule has 0 saturated carbocycles. The summed E-state index contributed by atoms with van der Waals surface area (Å²) in [5, 5.41) is 0.412. The number of carbonyl (C=O) groups is 1. The molecular weight excluding hydrogens is 186 g/mol. The molecule has 2 N–H and O–H groups in total. The van der Waals surface area contributed by atoms with E-state index in [9.17, 15) is 4.79 Å². The van der Waals surface area contributed by atoms with Crippen LogP contribution in [0.4, 0.5) is 0 Å². The second-order valence-corrected chi connectivity index (χ2v) is 3.26. The van der Waals surface area contributed by atoms with Crippen LogP contribution >= 0.6 is 11.6 Å². The molecule has 0 saturated heterocycles. The summed E-state index contributed by atoms with van der Waals surface area (Å²) >= 11 is 5.53. The van der Waals surface area contributed by atoms with Crippen LogP contribution in [-0.2, 0) is 4.79 Å². The number of halogens is 1. The van der Waals surface area contributed by atoms with Gasteiger partial charge in [-0.05, 0) is 24.8 Å². The summed E-state index contributed by atoms with van der Waals surface area (Å²) < 4.78 is 0. The second kappa shape index (κ2) is 5.60. The molecule has 0 aliphatic rings. The van der Waals surface area contributed by atoms with Crippen LogP contribution in [0.25, 0.3) is 0 Å². The highest BCUT2D eigenvalue weighted by atomic mass is 35.5. The quantitative estimate of drug-likeness (QED) is 0.707. The van der Waals surface area contributed by atoms with Crippen molar-refractivity contribution in [2.75, 3.05) is 0 Å². The minimum absolute atomic E-state index is 0.0709. The summed E-state index contributed by atoms with van der Waals surface area (Å²) in [6, 6.07) is 0. The Bertz CT molecular complexity index is 266. The van der Waals surface area contributed by atoms with Crippen molar-refractivity contribution in [1.29, 1.82) is 0 Å². The van der Waals surface area contributed by atoms with Crippen molar-refractivity contribution in [2.24, 2.45) is 11.7 Å². The van der Waals surface area contributed by atoms with E-state index in [1.165, 1.54) is 13.1 Å². The van der Waals surface area contributed by atoms with E-state index in [1.54, 1.807) is 19.1 Å². The number of nitrogens with two attached hydrogens (primary N) is 1. The smallest absolute Gasteiger partial charge is 0.137 e. The normalized spacial score (nSPS) is 14.5. The highest BCUT2D eigenvalue weighted by Crippen LogP contribution is 2.13. The molecule has 0 spiro atoms. The molecule has 3 heteroatoms. The van der Waals surface area contributed by atoms with E-state index in [1.807, 2.05) is 0 Å². The van der Waals surface area contributed by atoms with Gasteiger partial charge < -0.3 is 5.73 Å². The Morgan fingerprint density at radius 2 is 2.08 bits per heavy atom. The van der Waals surface area contributed by atoms with E-state index in [-0.39, 0.29) is 11.7 Å². The lowest BCUT2D eigenvalue weighted by atomic mass is 9.98. The molecular formula is C10H14ClNO. The Morgan fingerprint density at radius 1 is 1.54 bits per heavy atom. The highest BCUT2D eigenvalue weighted by Gasteiger charge is 2.10. The largest absolute Gasteiger partial charge is 0.404 e. The van der Waals surface area contributed by atoms with Crippen molar-refractivity contribution in [2.45, 2.75) is 13.8 Å². The average molecular weight is 200 g/mol. The lowest BCUT2D eigenvalue weighted by Gasteiger charge is -2.07. The Labute approximate surface area is 83.8 Å². The number of carbonyl (C=O) groups excluding carboxylic acids is 1.